The van der Waals surface area contributed by atoms with Gasteiger partial charge in [-0.05, 0) is 64.0 Å². The van der Waals surface area contributed by atoms with Crippen LogP contribution >= 0.6 is 0 Å². The van der Waals surface area contributed by atoms with E-state index in [1.165, 1.54) is 64.2 Å². The molecule has 0 bridgehead atoms. The first-order valence-electron chi connectivity index (χ1n) is 8.68. The van der Waals surface area contributed by atoms with Gasteiger partial charge in [0.2, 0.25) is 0 Å². The molecular formula is C17H34N2. The van der Waals surface area contributed by atoms with E-state index in [4.69, 9.17) is 5.73 Å². The molecule has 112 valence electrons. The van der Waals surface area contributed by atoms with Crippen molar-refractivity contribution in [2.24, 2.45) is 17.6 Å². The summed E-state index contributed by atoms with van der Waals surface area (Å²) in [6.45, 7) is 3.24. The third-order valence-corrected chi connectivity index (χ3v) is 5.91. The van der Waals surface area contributed by atoms with Crippen LogP contribution in [0, 0.1) is 11.8 Å². The van der Waals surface area contributed by atoms with Crippen LogP contribution in [0.15, 0.2) is 0 Å². The smallest absolute Gasteiger partial charge is 0.0135 e. The standard InChI is InChI=1S/C17H34N2/c1-3-14-9-11-16(12-10-14)19(2)17-8-6-4-5-7-15(17)13-18/h14-17H,3-13,18H2,1-2H3. The monoisotopic (exact) mass is 266 g/mol. The van der Waals surface area contributed by atoms with Crippen molar-refractivity contribution in [3.63, 3.8) is 0 Å². The van der Waals surface area contributed by atoms with E-state index in [0.29, 0.717) is 0 Å². The molecule has 2 rings (SSSR count). The highest BCUT2D eigenvalue weighted by atomic mass is 15.2. The molecule has 0 heterocycles. The van der Waals surface area contributed by atoms with Crippen molar-refractivity contribution >= 4 is 0 Å². The van der Waals surface area contributed by atoms with Gasteiger partial charge in [-0.2, -0.15) is 0 Å². The lowest BCUT2D eigenvalue weighted by molar-refractivity contribution is 0.0828. The molecule has 2 N–H and O–H groups in total. The quantitative estimate of drug-likeness (QED) is 0.784. The van der Waals surface area contributed by atoms with Crippen LogP contribution in [-0.4, -0.2) is 30.6 Å². The zero-order valence-corrected chi connectivity index (χ0v) is 13.1. The SMILES string of the molecule is CCC1CCC(N(C)C2CCCCCC2CN)CC1. The summed E-state index contributed by atoms with van der Waals surface area (Å²) in [5.41, 5.74) is 6.05. The molecule has 0 spiro atoms. The zero-order valence-electron chi connectivity index (χ0n) is 13.1. The summed E-state index contributed by atoms with van der Waals surface area (Å²) in [4.78, 5) is 2.73. The van der Waals surface area contributed by atoms with Gasteiger partial charge in [-0.25, -0.2) is 0 Å². The van der Waals surface area contributed by atoms with Gasteiger partial charge in [-0.15, -0.1) is 0 Å². The Labute approximate surface area is 120 Å². The number of hydrogen-bond acceptors (Lipinski definition) is 2. The normalized spacial score (nSPS) is 37.3. The van der Waals surface area contributed by atoms with Crippen molar-refractivity contribution in [1.29, 1.82) is 0 Å². The topological polar surface area (TPSA) is 29.3 Å². The van der Waals surface area contributed by atoms with Gasteiger partial charge in [0.25, 0.3) is 0 Å². The second-order valence-electron chi connectivity index (χ2n) is 6.95. The van der Waals surface area contributed by atoms with Gasteiger partial charge in [-0.3, -0.25) is 0 Å². The summed E-state index contributed by atoms with van der Waals surface area (Å²) < 4.78 is 0. The van der Waals surface area contributed by atoms with Gasteiger partial charge < -0.3 is 10.6 Å². The lowest BCUT2D eigenvalue weighted by atomic mass is 9.82. The van der Waals surface area contributed by atoms with Crippen molar-refractivity contribution in [2.45, 2.75) is 83.2 Å². The van der Waals surface area contributed by atoms with Crippen molar-refractivity contribution in [1.82, 2.24) is 4.90 Å². The van der Waals surface area contributed by atoms with Crippen molar-refractivity contribution < 1.29 is 0 Å². The maximum absolute atomic E-state index is 6.05. The Kier molecular flexibility index (Phi) is 6.15. The van der Waals surface area contributed by atoms with E-state index in [1.54, 1.807) is 0 Å². The minimum absolute atomic E-state index is 0.747. The molecule has 19 heavy (non-hydrogen) atoms. The molecule has 2 atom stereocenters. The molecular weight excluding hydrogens is 232 g/mol. The van der Waals surface area contributed by atoms with Crippen molar-refractivity contribution in [3.8, 4) is 0 Å². The fraction of sp³-hybridized carbons (Fsp3) is 1.00. The minimum Gasteiger partial charge on any atom is -0.330 e. The molecule has 2 aliphatic rings. The van der Waals surface area contributed by atoms with Crippen LogP contribution in [0.25, 0.3) is 0 Å². The summed E-state index contributed by atoms with van der Waals surface area (Å²) in [6, 6.07) is 1.59. The highest BCUT2D eigenvalue weighted by molar-refractivity contribution is 4.87. The third kappa shape index (κ3) is 3.95. The number of nitrogens with zero attached hydrogens (tertiary/aromatic N) is 1. The molecule has 2 saturated carbocycles. The Morgan fingerprint density at radius 3 is 2.26 bits per heavy atom. The fourth-order valence-corrected chi connectivity index (χ4v) is 4.41. The molecule has 0 aliphatic heterocycles. The first-order chi connectivity index (χ1) is 9.26. The van der Waals surface area contributed by atoms with Gasteiger partial charge in [0.05, 0.1) is 0 Å². The second kappa shape index (κ2) is 7.64. The second-order valence-corrected chi connectivity index (χ2v) is 6.95. The molecule has 2 aliphatic carbocycles. The fourth-order valence-electron chi connectivity index (χ4n) is 4.41. The van der Waals surface area contributed by atoms with Gasteiger partial charge in [-0.1, -0.05) is 32.6 Å². The maximum atomic E-state index is 6.05. The summed E-state index contributed by atoms with van der Waals surface area (Å²) in [5.74, 6) is 1.75. The van der Waals surface area contributed by atoms with E-state index in [2.05, 4.69) is 18.9 Å². The number of hydrogen-bond donors (Lipinski definition) is 1. The molecule has 0 radical (unpaired) electrons. The predicted molar refractivity (Wildman–Crippen MR) is 83.2 cm³/mol. The Morgan fingerprint density at radius 2 is 1.63 bits per heavy atom. The van der Waals surface area contributed by atoms with E-state index in [-0.39, 0.29) is 0 Å². The average molecular weight is 266 g/mol. The third-order valence-electron chi connectivity index (χ3n) is 5.91. The Bertz CT molecular complexity index is 246. The molecule has 2 unspecified atom stereocenters. The lowest BCUT2D eigenvalue weighted by Gasteiger charge is -2.41. The van der Waals surface area contributed by atoms with Crippen LogP contribution in [0.2, 0.25) is 0 Å². The van der Waals surface area contributed by atoms with E-state index in [1.807, 2.05) is 0 Å². The van der Waals surface area contributed by atoms with E-state index < -0.39 is 0 Å². The number of rotatable bonds is 4. The van der Waals surface area contributed by atoms with Gasteiger partial charge in [0, 0.05) is 12.1 Å². The lowest BCUT2D eigenvalue weighted by Crippen LogP contribution is -2.47. The van der Waals surface area contributed by atoms with E-state index in [9.17, 15) is 0 Å². The van der Waals surface area contributed by atoms with Crippen LogP contribution in [0.3, 0.4) is 0 Å². The molecule has 2 heteroatoms. The average Bonchev–Trinajstić information content (AvgIpc) is 2.71. The highest BCUT2D eigenvalue weighted by Gasteiger charge is 2.31. The van der Waals surface area contributed by atoms with Crippen LogP contribution in [0.5, 0.6) is 0 Å². The van der Waals surface area contributed by atoms with Crippen LogP contribution in [0.1, 0.15) is 71.1 Å². The van der Waals surface area contributed by atoms with Crippen molar-refractivity contribution in [3.05, 3.63) is 0 Å². The summed E-state index contributed by atoms with van der Waals surface area (Å²) in [5, 5.41) is 0. The molecule has 0 aromatic heterocycles. The molecule has 0 aromatic rings. The van der Waals surface area contributed by atoms with Crippen LogP contribution in [0.4, 0.5) is 0 Å². The highest BCUT2D eigenvalue weighted by Crippen LogP contribution is 2.33. The summed E-state index contributed by atoms with van der Waals surface area (Å²) in [6.07, 6.45) is 14.1. The maximum Gasteiger partial charge on any atom is 0.0135 e. The summed E-state index contributed by atoms with van der Waals surface area (Å²) in [7, 11) is 2.38. The van der Waals surface area contributed by atoms with Crippen molar-refractivity contribution in [2.75, 3.05) is 13.6 Å². The minimum atomic E-state index is 0.747. The predicted octanol–water partition coefficient (Wildman–Crippen LogP) is 3.79. The summed E-state index contributed by atoms with van der Waals surface area (Å²) >= 11 is 0. The Balaban J connectivity index is 1.91. The van der Waals surface area contributed by atoms with Gasteiger partial charge >= 0.3 is 0 Å². The first-order valence-corrected chi connectivity index (χ1v) is 8.68. The zero-order chi connectivity index (χ0) is 13.7. The van der Waals surface area contributed by atoms with Crippen LogP contribution in [-0.2, 0) is 0 Å². The first kappa shape index (κ1) is 15.3. The van der Waals surface area contributed by atoms with Gasteiger partial charge in [0.1, 0.15) is 0 Å². The van der Waals surface area contributed by atoms with E-state index >= 15 is 0 Å². The Hall–Kier alpha value is -0.0800. The molecule has 2 fully saturated rings. The van der Waals surface area contributed by atoms with Gasteiger partial charge in [0.15, 0.2) is 0 Å². The molecule has 2 nitrogen and oxygen atoms in total. The molecule has 0 saturated heterocycles. The van der Waals surface area contributed by atoms with E-state index in [0.717, 1.165) is 30.5 Å². The molecule has 0 aromatic carbocycles. The van der Waals surface area contributed by atoms with Crippen LogP contribution < -0.4 is 5.73 Å². The number of nitrogens with two attached hydrogens (primary N) is 1. The Morgan fingerprint density at radius 1 is 0.947 bits per heavy atom. The largest absolute Gasteiger partial charge is 0.330 e. The molecule has 0 amide bonds.